The van der Waals surface area contributed by atoms with Gasteiger partial charge in [0.1, 0.15) is 0 Å². The van der Waals surface area contributed by atoms with Gasteiger partial charge in [0.15, 0.2) is 0 Å². The topological polar surface area (TPSA) is 26.0 Å². The summed E-state index contributed by atoms with van der Waals surface area (Å²) >= 11 is 0. The van der Waals surface area contributed by atoms with E-state index in [1.54, 1.807) is 0 Å². The molecule has 0 aliphatic heterocycles. The Balaban J connectivity index is -0.000000163. The first-order chi connectivity index (χ1) is 3.39. The Labute approximate surface area is 82.4 Å². The van der Waals surface area contributed by atoms with Crippen molar-refractivity contribution in [3.05, 3.63) is 45.2 Å². The fraction of sp³-hybridized carbons (Fsp3) is 0. The van der Waals surface area contributed by atoms with Gasteiger partial charge in [-0.15, -0.1) is 0 Å². The Morgan fingerprint density at radius 3 is 1.50 bits per heavy atom. The maximum absolute atomic E-state index is 5.36. The molecular weight excluding hydrogens is 289 g/mol. The van der Waals surface area contributed by atoms with Crippen molar-refractivity contribution in [1.29, 1.82) is 0 Å². The molecule has 1 aromatic rings. The molecule has 0 saturated heterocycles. The van der Waals surface area contributed by atoms with E-state index in [0.717, 1.165) is 5.69 Å². The van der Waals surface area contributed by atoms with Crippen LogP contribution >= 0.6 is 0 Å². The number of nitrogen functional groups attached to an aromatic ring is 1. The quantitative estimate of drug-likeness (QED) is 0.444. The van der Waals surface area contributed by atoms with Crippen LogP contribution in [0.3, 0.4) is 0 Å². The van der Waals surface area contributed by atoms with E-state index in [1.807, 2.05) is 30.3 Å². The van der Waals surface area contributed by atoms with Crippen molar-refractivity contribution >= 4 is 5.69 Å². The molecule has 0 saturated carbocycles. The van der Waals surface area contributed by atoms with E-state index in [2.05, 4.69) is 0 Å². The molecule has 0 fully saturated rings. The Hall–Kier alpha value is -0.110. The molecule has 0 amide bonds. The summed E-state index contributed by atoms with van der Waals surface area (Å²) in [5.74, 6) is 0. The summed E-state index contributed by atoms with van der Waals surface area (Å²) in [6.45, 7) is 0. The van der Waals surface area contributed by atoms with Crippen molar-refractivity contribution in [3.8, 4) is 0 Å². The minimum absolute atomic E-state index is 0. The first-order valence-electron chi connectivity index (χ1n) is 2.20. The summed E-state index contributed by atoms with van der Waals surface area (Å²) in [6.07, 6.45) is 0. The number of anilines is 1. The Morgan fingerprint density at radius 2 is 1.30 bits per heavy atom. The van der Waals surface area contributed by atoms with E-state index < -0.39 is 0 Å². The zero-order valence-corrected chi connectivity index (χ0v) is 10.1. The number of nitrogens with two attached hydrogens (primary N) is 1. The molecule has 2 heteroatoms. The fourth-order valence-corrected chi connectivity index (χ4v) is 0.453. The predicted octanol–water partition coefficient (Wildman–Crippen LogP) is 2.17. The summed E-state index contributed by atoms with van der Waals surface area (Å²) in [5.41, 5.74) is 6.18. The number of rotatable bonds is 0. The fourth-order valence-electron chi connectivity index (χ4n) is 0.453. The molecular formula is C8H13HfN-2. The largest absolute Gasteiger partial charge is 0.399 e. The predicted molar refractivity (Wildman–Crippen MR) is 43.7 cm³/mol. The molecule has 0 bridgehead atoms. The summed E-state index contributed by atoms with van der Waals surface area (Å²) in [4.78, 5) is 0. The van der Waals surface area contributed by atoms with Gasteiger partial charge in [-0.2, -0.15) is 0 Å². The maximum atomic E-state index is 5.36. The minimum atomic E-state index is 0. The first kappa shape index (κ1) is 16.5. The van der Waals surface area contributed by atoms with Crippen molar-refractivity contribution in [2.45, 2.75) is 0 Å². The molecule has 0 aliphatic carbocycles. The molecule has 0 heterocycles. The van der Waals surface area contributed by atoms with Crippen LogP contribution in [0.1, 0.15) is 0 Å². The molecule has 56 valence electrons. The minimum Gasteiger partial charge on any atom is -0.399 e. The van der Waals surface area contributed by atoms with Gasteiger partial charge >= 0.3 is 0 Å². The van der Waals surface area contributed by atoms with Crippen LogP contribution in [0.5, 0.6) is 0 Å². The van der Waals surface area contributed by atoms with Crippen LogP contribution in [0.25, 0.3) is 0 Å². The van der Waals surface area contributed by atoms with E-state index in [4.69, 9.17) is 5.73 Å². The molecule has 0 atom stereocenters. The van der Waals surface area contributed by atoms with E-state index in [-0.39, 0.29) is 40.7 Å². The molecule has 2 N–H and O–H groups in total. The number of hydrogen-bond donors (Lipinski definition) is 1. The van der Waals surface area contributed by atoms with Crippen LogP contribution in [0.15, 0.2) is 30.3 Å². The second-order valence-electron chi connectivity index (χ2n) is 1.41. The summed E-state index contributed by atoms with van der Waals surface area (Å²) < 4.78 is 0. The van der Waals surface area contributed by atoms with Gasteiger partial charge in [0.25, 0.3) is 0 Å². The number of para-hydroxylation sites is 1. The summed E-state index contributed by atoms with van der Waals surface area (Å²) in [6, 6.07) is 9.49. The third-order valence-corrected chi connectivity index (χ3v) is 0.800. The monoisotopic (exact) mass is 303 g/mol. The van der Waals surface area contributed by atoms with E-state index in [9.17, 15) is 0 Å². The van der Waals surface area contributed by atoms with Gasteiger partial charge in [0, 0.05) is 31.5 Å². The van der Waals surface area contributed by atoms with E-state index in [1.165, 1.54) is 0 Å². The molecule has 0 aliphatic rings. The second kappa shape index (κ2) is 8.89. The zero-order chi connectivity index (χ0) is 5.11. The summed E-state index contributed by atoms with van der Waals surface area (Å²) in [7, 11) is 0. The van der Waals surface area contributed by atoms with Crippen molar-refractivity contribution in [3.63, 3.8) is 0 Å². The van der Waals surface area contributed by atoms with E-state index >= 15 is 0 Å². The molecule has 1 aromatic carbocycles. The number of benzene rings is 1. The van der Waals surface area contributed by atoms with Crippen LogP contribution in [0.2, 0.25) is 0 Å². The standard InChI is InChI=1S/C6H7N.2CH3.Hf/c7-6-4-2-1-3-5-6;;;/h1-5H,7H2;2*1H3;/q;2*-1;. The van der Waals surface area contributed by atoms with Crippen LogP contribution in [-0.2, 0) is 25.8 Å². The molecule has 0 radical (unpaired) electrons. The maximum Gasteiger partial charge on any atom is 0.0313 e. The molecule has 10 heavy (non-hydrogen) atoms. The molecule has 1 rings (SSSR count). The van der Waals surface area contributed by atoms with Crippen molar-refractivity contribution in [2.75, 3.05) is 5.73 Å². The van der Waals surface area contributed by atoms with Crippen LogP contribution < -0.4 is 5.73 Å². The van der Waals surface area contributed by atoms with Gasteiger partial charge in [0.05, 0.1) is 0 Å². The first-order valence-corrected chi connectivity index (χ1v) is 2.20. The third-order valence-electron chi connectivity index (χ3n) is 0.800. The zero-order valence-electron chi connectivity index (χ0n) is 6.46. The van der Waals surface area contributed by atoms with Gasteiger partial charge in [-0.05, 0) is 12.1 Å². The number of hydrogen-bond acceptors (Lipinski definition) is 1. The van der Waals surface area contributed by atoms with Crippen molar-refractivity contribution in [1.82, 2.24) is 0 Å². The van der Waals surface area contributed by atoms with E-state index in [0.29, 0.717) is 0 Å². The van der Waals surface area contributed by atoms with Crippen molar-refractivity contribution in [2.24, 2.45) is 0 Å². The normalized spacial score (nSPS) is 6.00. The SMILES string of the molecule is Nc1ccccc1.[CH3-].[CH3-].[Hf]. The molecule has 1 nitrogen and oxygen atoms in total. The van der Waals surface area contributed by atoms with Crippen LogP contribution in [0, 0.1) is 14.9 Å². The molecule has 0 unspecified atom stereocenters. The Morgan fingerprint density at radius 1 is 0.900 bits per heavy atom. The van der Waals surface area contributed by atoms with Gasteiger partial charge < -0.3 is 20.6 Å². The van der Waals surface area contributed by atoms with Gasteiger partial charge in [0.2, 0.25) is 0 Å². The average molecular weight is 302 g/mol. The van der Waals surface area contributed by atoms with Gasteiger partial charge in [-0.25, -0.2) is 0 Å². The molecule has 0 aromatic heterocycles. The van der Waals surface area contributed by atoms with Crippen LogP contribution in [0.4, 0.5) is 5.69 Å². The van der Waals surface area contributed by atoms with Crippen LogP contribution in [-0.4, -0.2) is 0 Å². The van der Waals surface area contributed by atoms with Gasteiger partial charge in [-0.3, -0.25) is 0 Å². The Bertz CT molecular complexity index is 139. The van der Waals surface area contributed by atoms with Gasteiger partial charge in [-0.1, -0.05) is 18.2 Å². The summed E-state index contributed by atoms with van der Waals surface area (Å²) in [5, 5.41) is 0. The Kier molecular flexibility index (Phi) is 14.6. The second-order valence-corrected chi connectivity index (χ2v) is 1.41. The third kappa shape index (κ3) is 6.02. The van der Waals surface area contributed by atoms with Crippen molar-refractivity contribution < 1.29 is 25.8 Å². The molecule has 0 spiro atoms. The smallest absolute Gasteiger partial charge is 0.0313 e. The average Bonchev–Trinajstić information content (AvgIpc) is 1.69.